The second-order valence-electron chi connectivity index (χ2n) is 4.32. The largest absolute Gasteiger partial charge is 0.305 e. The molecule has 1 aromatic heterocycles. The summed E-state index contributed by atoms with van der Waals surface area (Å²) in [5.74, 6) is 0.284. The third-order valence-electron chi connectivity index (χ3n) is 3.10. The minimum atomic E-state index is -0.302. The number of rotatable bonds is 3. The summed E-state index contributed by atoms with van der Waals surface area (Å²) in [5, 5.41) is 3.29. The van der Waals surface area contributed by atoms with Crippen molar-refractivity contribution in [3.8, 4) is 0 Å². The van der Waals surface area contributed by atoms with Crippen molar-refractivity contribution in [2.75, 3.05) is 6.54 Å². The van der Waals surface area contributed by atoms with Gasteiger partial charge in [-0.1, -0.05) is 0 Å². The molecule has 1 aliphatic rings. The zero-order valence-electron chi connectivity index (χ0n) is 8.99. The highest BCUT2D eigenvalue weighted by atomic mass is 16.1. The van der Waals surface area contributed by atoms with Crippen molar-refractivity contribution in [1.29, 1.82) is 0 Å². The molecule has 2 rings (SSSR count). The maximum absolute atomic E-state index is 12.1. The number of hydrogen-bond donors (Lipinski definition) is 1. The topological polar surface area (TPSA) is 42.0 Å². The van der Waals surface area contributed by atoms with Crippen molar-refractivity contribution in [2.24, 2.45) is 0 Å². The Morgan fingerprint density at radius 3 is 2.87 bits per heavy atom. The maximum Gasteiger partial charge on any atom is 0.156 e. The molecule has 0 aromatic carbocycles. The molecule has 1 fully saturated rings. The monoisotopic (exact) mass is 204 g/mol. The normalized spacial score (nSPS) is 25.4. The fraction of sp³-hybridized carbons (Fsp3) is 0.500. The van der Waals surface area contributed by atoms with Crippen LogP contribution in [0.4, 0.5) is 0 Å². The van der Waals surface area contributed by atoms with Gasteiger partial charge < -0.3 is 5.32 Å². The number of aromatic nitrogens is 1. The lowest BCUT2D eigenvalue weighted by atomic mass is 9.90. The van der Waals surface area contributed by atoms with Crippen LogP contribution in [0.3, 0.4) is 0 Å². The lowest BCUT2D eigenvalue weighted by molar-refractivity contribution is -0.123. The van der Waals surface area contributed by atoms with Gasteiger partial charge in [0.25, 0.3) is 0 Å². The summed E-state index contributed by atoms with van der Waals surface area (Å²) in [6, 6.07) is 3.80. The second-order valence-corrected chi connectivity index (χ2v) is 4.32. The summed E-state index contributed by atoms with van der Waals surface area (Å²) in [6.45, 7) is 2.96. The van der Waals surface area contributed by atoms with E-state index >= 15 is 0 Å². The van der Waals surface area contributed by atoms with Crippen LogP contribution in [0.5, 0.6) is 0 Å². The fourth-order valence-electron chi connectivity index (χ4n) is 2.01. The van der Waals surface area contributed by atoms with E-state index in [2.05, 4.69) is 10.3 Å². The number of carbonyl (C=O) groups excluding carboxylic acids is 1. The molecule has 0 bridgehead atoms. The number of pyridine rings is 1. The van der Waals surface area contributed by atoms with Gasteiger partial charge in [-0.05, 0) is 44.0 Å². The van der Waals surface area contributed by atoms with Crippen molar-refractivity contribution in [3.63, 3.8) is 0 Å². The summed E-state index contributed by atoms with van der Waals surface area (Å²) in [6.07, 6.45) is 6.02. The number of nitrogens with one attached hydrogen (secondary N) is 1. The van der Waals surface area contributed by atoms with E-state index in [4.69, 9.17) is 0 Å². The van der Waals surface area contributed by atoms with Crippen LogP contribution >= 0.6 is 0 Å². The predicted molar refractivity (Wildman–Crippen MR) is 58.6 cm³/mol. The maximum atomic E-state index is 12.1. The van der Waals surface area contributed by atoms with E-state index in [1.54, 1.807) is 12.4 Å². The van der Waals surface area contributed by atoms with Gasteiger partial charge in [0.15, 0.2) is 5.78 Å². The Morgan fingerprint density at radius 2 is 2.27 bits per heavy atom. The van der Waals surface area contributed by atoms with Crippen LogP contribution in [0.15, 0.2) is 24.5 Å². The average Bonchev–Trinajstić information content (AvgIpc) is 2.68. The van der Waals surface area contributed by atoms with Crippen LogP contribution in [0.25, 0.3) is 0 Å². The quantitative estimate of drug-likeness (QED) is 0.807. The molecule has 0 aliphatic carbocycles. The fourth-order valence-corrected chi connectivity index (χ4v) is 2.01. The molecule has 3 heteroatoms. The SMILES string of the molecule is CC1(C(=O)Cc2ccncc2)CCCN1. The smallest absolute Gasteiger partial charge is 0.156 e. The van der Waals surface area contributed by atoms with Crippen LogP contribution < -0.4 is 5.32 Å². The van der Waals surface area contributed by atoms with Crippen LogP contribution in [0.1, 0.15) is 25.3 Å². The van der Waals surface area contributed by atoms with Crippen molar-refractivity contribution >= 4 is 5.78 Å². The van der Waals surface area contributed by atoms with Crippen molar-refractivity contribution in [1.82, 2.24) is 10.3 Å². The van der Waals surface area contributed by atoms with Crippen LogP contribution in [-0.2, 0) is 11.2 Å². The minimum Gasteiger partial charge on any atom is -0.305 e. The lowest BCUT2D eigenvalue weighted by Gasteiger charge is -2.22. The molecule has 0 amide bonds. The Kier molecular flexibility index (Phi) is 2.82. The van der Waals surface area contributed by atoms with Crippen molar-refractivity contribution < 1.29 is 4.79 Å². The van der Waals surface area contributed by atoms with Gasteiger partial charge in [-0.25, -0.2) is 0 Å². The molecule has 1 N–H and O–H groups in total. The van der Waals surface area contributed by atoms with Gasteiger partial charge in [-0.3, -0.25) is 9.78 Å². The molecule has 80 valence electrons. The highest BCUT2D eigenvalue weighted by molar-refractivity contribution is 5.90. The summed E-state index contributed by atoms with van der Waals surface area (Å²) in [7, 11) is 0. The van der Waals surface area contributed by atoms with Gasteiger partial charge >= 0.3 is 0 Å². The van der Waals surface area contributed by atoms with E-state index < -0.39 is 0 Å². The highest BCUT2D eigenvalue weighted by Gasteiger charge is 2.34. The lowest BCUT2D eigenvalue weighted by Crippen LogP contribution is -2.45. The molecule has 0 saturated carbocycles. The van der Waals surface area contributed by atoms with E-state index in [0.29, 0.717) is 6.42 Å². The van der Waals surface area contributed by atoms with Gasteiger partial charge in [0.1, 0.15) is 0 Å². The first-order valence-corrected chi connectivity index (χ1v) is 5.38. The van der Waals surface area contributed by atoms with E-state index in [1.807, 2.05) is 19.1 Å². The average molecular weight is 204 g/mol. The van der Waals surface area contributed by atoms with Gasteiger partial charge in [-0.15, -0.1) is 0 Å². The number of carbonyl (C=O) groups is 1. The first-order chi connectivity index (χ1) is 7.21. The molecule has 0 spiro atoms. The van der Waals surface area contributed by atoms with Gasteiger partial charge in [0.05, 0.1) is 5.54 Å². The molecule has 2 heterocycles. The minimum absolute atomic E-state index is 0.284. The summed E-state index contributed by atoms with van der Waals surface area (Å²) >= 11 is 0. The Morgan fingerprint density at radius 1 is 1.53 bits per heavy atom. The molecule has 1 saturated heterocycles. The molecule has 15 heavy (non-hydrogen) atoms. The summed E-state index contributed by atoms with van der Waals surface area (Å²) in [5.41, 5.74) is 0.744. The van der Waals surface area contributed by atoms with E-state index in [-0.39, 0.29) is 11.3 Å². The Bertz CT molecular complexity index is 342. The van der Waals surface area contributed by atoms with Crippen molar-refractivity contribution in [3.05, 3.63) is 30.1 Å². The van der Waals surface area contributed by atoms with Crippen LogP contribution in [0, 0.1) is 0 Å². The molecule has 1 aliphatic heterocycles. The van der Waals surface area contributed by atoms with Crippen LogP contribution in [-0.4, -0.2) is 22.9 Å². The zero-order chi connectivity index (χ0) is 10.7. The van der Waals surface area contributed by atoms with Crippen LogP contribution in [0.2, 0.25) is 0 Å². The van der Waals surface area contributed by atoms with Gasteiger partial charge in [0, 0.05) is 18.8 Å². The molecule has 1 aromatic rings. The molecular formula is C12H16N2O. The Balaban J connectivity index is 2.04. The first kappa shape index (κ1) is 10.3. The number of ketones is 1. The number of nitrogens with zero attached hydrogens (tertiary/aromatic N) is 1. The number of Topliss-reactive ketones (excluding diaryl/α,β-unsaturated/α-hetero) is 1. The van der Waals surface area contributed by atoms with E-state index in [1.165, 1.54) is 0 Å². The molecular weight excluding hydrogens is 188 g/mol. The zero-order valence-corrected chi connectivity index (χ0v) is 8.99. The van der Waals surface area contributed by atoms with Gasteiger partial charge in [0.2, 0.25) is 0 Å². The summed E-state index contributed by atoms with van der Waals surface area (Å²) in [4.78, 5) is 16.0. The molecule has 3 nitrogen and oxygen atoms in total. The standard InChI is InChI=1S/C12H16N2O/c1-12(5-2-6-14-12)11(15)9-10-3-7-13-8-4-10/h3-4,7-8,14H,2,5-6,9H2,1H3. The molecule has 1 unspecified atom stereocenters. The third-order valence-corrected chi connectivity index (χ3v) is 3.10. The summed E-state index contributed by atoms with van der Waals surface area (Å²) < 4.78 is 0. The van der Waals surface area contributed by atoms with E-state index in [0.717, 1.165) is 24.9 Å². The highest BCUT2D eigenvalue weighted by Crippen LogP contribution is 2.21. The predicted octanol–water partition coefficient (Wildman–Crippen LogP) is 1.34. The third kappa shape index (κ3) is 2.23. The first-order valence-electron chi connectivity index (χ1n) is 5.38. The van der Waals surface area contributed by atoms with E-state index in [9.17, 15) is 4.79 Å². The molecule has 1 atom stereocenters. The Hall–Kier alpha value is -1.22. The second kappa shape index (κ2) is 4.11. The number of hydrogen-bond acceptors (Lipinski definition) is 3. The van der Waals surface area contributed by atoms with Crippen molar-refractivity contribution in [2.45, 2.75) is 31.7 Å². The van der Waals surface area contributed by atoms with Gasteiger partial charge in [-0.2, -0.15) is 0 Å². The molecule has 0 radical (unpaired) electrons. The Labute approximate surface area is 89.9 Å².